The van der Waals surface area contributed by atoms with Crippen LogP contribution >= 0.6 is 0 Å². The lowest BCUT2D eigenvalue weighted by atomic mass is 9.94. The lowest BCUT2D eigenvalue weighted by Crippen LogP contribution is -2.09. The number of hydrogen-bond donors (Lipinski definition) is 0. The standard InChI is InChI=1S/C33H32NO2/c1-34(2)29-19-13-26(14-20-29)32(25-9-6-5-7-10-25)11-8-12-33(27-15-21-30(35-3)22-16-27)28-17-23-31(36-4)24-18-28/h5-24H,1-4H3/q+1. The van der Waals surface area contributed by atoms with E-state index < -0.39 is 0 Å². The summed E-state index contributed by atoms with van der Waals surface area (Å²) in [4.78, 5) is 0. The Morgan fingerprint density at radius 1 is 0.639 bits per heavy atom. The van der Waals surface area contributed by atoms with Gasteiger partial charge in [-0.25, -0.2) is 4.58 Å². The van der Waals surface area contributed by atoms with Gasteiger partial charge in [0.05, 0.1) is 14.2 Å². The average Bonchev–Trinajstić information content (AvgIpc) is 2.94. The van der Waals surface area contributed by atoms with Gasteiger partial charge in [0.2, 0.25) is 0 Å². The molecular formula is C33H32NO2+. The maximum Gasteiger partial charge on any atom is 0.199 e. The fourth-order valence-corrected chi connectivity index (χ4v) is 4.06. The van der Waals surface area contributed by atoms with Crippen LogP contribution in [0.5, 0.6) is 11.5 Å². The molecule has 0 unspecified atom stereocenters. The minimum atomic E-state index is 0.837. The molecule has 0 heterocycles. The molecule has 36 heavy (non-hydrogen) atoms. The first-order valence-corrected chi connectivity index (χ1v) is 12.0. The van der Waals surface area contributed by atoms with Crippen LogP contribution in [-0.2, 0) is 0 Å². The van der Waals surface area contributed by atoms with Gasteiger partial charge in [0.15, 0.2) is 5.71 Å². The van der Waals surface area contributed by atoms with Gasteiger partial charge >= 0.3 is 0 Å². The van der Waals surface area contributed by atoms with Crippen LogP contribution in [0.3, 0.4) is 0 Å². The van der Waals surface area contributed by atoms with Crippen molar-refractivity contribution in [2.75, 3.05) is 28.3 Å². The third-order valence-electron chi connectivity index (χ3n) is 6.11. The van der Waals surface area contributed by atoms with Crippen molar-refractivity contribution in [1.82, 2.24) is 0 Å². The van der Waals surface area contributed by atoms with Gasteiger partial charge in [0.1, 0.15) is 25.6 Å². The molecule has 0 radical (unpaired) electrons. The molecule has 1 aliphatic rings. The van der Waals surface area contributed by atoms with Gasteiger partial charge in [-0.05, 0) is 69.8 Å². The summed E-state index contributed by atoms with van der Waals surface area (Å²) in [6.07, 6.45) is 15.2. The Kier molecular flexibility index (Phi) is 8.15. The number of nitrogens with zero attached hydrogens (tertiary/aromatic N) is 1. The van der Waals surface area contributed by atoms with Crippen molar-refractivity contribution < 1.29 is 14.0 Å². The fourth-order valence-electron chi connectivity index (χ4n) is 4.06. The van der Waals surface area contributed by atoms with Crippen LogP contribution in [0.4, 0.5) is 0 Å². The summed E-state index contributed by atoms with van der Waals surface area (Å²) in [6.45, 7) is 0. The molecule has 4 rings (SSSR count). The van der Waals surface area contributed by atoms with E-state index in [2.05, 4.69) is 110 Å². The Labute approximate surface area is 214 Å². The molecule has 0 atom stereocenters. The summed E-state index contributed by atoms with van der Waals surface area (Å²) in [6, 6.07) is 26.8. The molecule has 3 nitrogen and oxygen atoms in total. The zero-order valence-corrected chi connectivity index (χ0v) is 21.3. The highest BCUT2D eigenvalue weighted by atomic mass is 16.5. The first kappa shape index (κ1) is 24.7. The number of rotatable bonds is 7. The molecular weight excluding hydrogens is 442 g/mol. The van der Waals surface area contributed by atoms with Gasteiger partial charge in [-0.1, -0.05) is 72.8 Å². The normalized spacial score (nSPS) is 12.6. The molecule has 0 amide bonds. The summed E-state index contributed by atoms with van der Waals surface area (Å²) < 4.78 is 12.8. The van der Waals surface area contributed by atoms with Gasteiger partial charge < -0.3 is 9.47 Å². The maximum atomic E-state index is 5.36. The van der Waals surface area contributed by atoms with Crippen LogP contribution in [-0.4, -0.2) is 38.6 Å². The Morgan fingerprint density at radius 2 is 1.17 bits per heavy atom. The van der Waals surface area contributed by atoms with E-state index in [1.807, 2.05) is 30.3 Å². The van der Waals surface area contributed by atoms with Crippen molar-refractivity contribution in [1.29, 1.82) is 0 Å². The molecule has 0 bridgehead atoms. The number of ether oxygens (including phenoxy) is 2. The summed E-state index contributed by atoms with van der Waals surface area (Å²) >= 11 is 0. The second-order valence-corrected chi connectivity index (χ2v) is 8.62. The van der Waals surface area contributed by atoms with E-state index in [-0.39, 0.29) is 0 Å². The third-order valence-corrected chi connectivity index (χ3v) is 6.11. The van der Waals surface area contributed by atoms with Crippen molar-refractivity contribution in [2.45, 2.75) is 0 Å². The molecule has 0 aromatic heterocycles. The molecule has 0 saturated carbocycles. The van der Waals surface area contributed by atoms with Gasteiger partial charge in [-0.3, -0.25) is 0 Å². The monoisotopic (exact) mass is 474 g/mol. The lowest BCUT2D eigenvalue weighted by Gasteiger charge is -2.11. The Hall–Kier alpha value is -4.37. The van der Waals surface area contributed by atoms with Crippen molar-refractivity contribution in [3.05, 3.63) is 144 Å². The van der Waals surface area contributed by atoms with Crippen LogP contribution in [0.25, 0.3) is 11.1 Å². The number of benzene rings is 3. The summed E-state index contributed by atoms with van der Waals surface area (Å²) in [5.74, 6) is 1.67. The van der Waals surface area contributed by atoms with Crippen LogP contribution in [0, 0.1) is 0 Å². The van der Waals surface area contributed by atoms with E-state index in [1.165, 1.54) is 22.4 Å². The van der Waals surface area contributed by atoms with Crippen LogP contribution in [0.15, 0.2) is 127 Å². The second kappa shape index (κ2) is 11.9. The van der Waals surface area contributed by atoms with E-state index in [0.717, 1.165) is 28.2 Å². The van der Waals surface area contributed by atoms with Gasteiger partial charge in [-0.15, -0.1) is 0 Å². The molecule has 0 spiro atoms. The minimum Gasteiger partial charge on any atom is -0.497 e. The largest absolute Gasteiger partial charge is 0.497 e. The molecule has 0 aliphatic heterocycles. The molecule has 0 N–H and O–H groups in total. The van der Waals surface area contributed by atoms with E-state index >= 15 is 0 Å². The van der Waals surface area contributed by atoms with E-state index in [9.17, 15) is 0 Å². The zero-order valence-electron chi connectivity index (χ0n) is 21.3. The topological polar surface area (TPSA) is 21.5 Å². The molecule has 0 fully saturated rings. The Bertz CT molecular complexity index is 1300. The predicted octanol–water partition coefficient (Wildman–Crippen LogP) is 6.98. The van der Waals surface area contributed by atoms with Gasteiger partial charge in [0.25, 0.3) is 0 Å². The first-order valence-electron chi connectivity index (χ1n) is 12.0. The molecule has 3 heteroatoms. The van der Waals surface area contributed by atoms with Gasteiger partial charge in [-0.2, -0.15) is 0 Å². The Morgan fingerprint density at radius 3 is 1.64 bits per heavy atom. The summed E-state index contributed by atoms with van der Waals surface area (Å²) in [5, 5.41) is 0. The van der Waals surface area contributed by atoms with E-state index in [1.54, 1.807) is 14.2 Å². The SMILES string of the molecule is COc1ccc(C(=CC=CC(=C2C=CC(=[N+](C)C)C=C2)c2ccccc2)c2ccc(OC)cc2)cc1. The van der Waals surface area contributed by atoms with Crippen molar-refractivity contribution in [3.63, 3.8) is 0 Å². The smallest absolute Gasteiger partial charge is 0.199 e. The van der Waals surface area contributed by atoms with Crippen LogP contribution < -0.4 is 9.47 Å². The number of allylic oxidation sites excluding steroid dienone is 9. The first-order chi connectivity index (χ1) is 17.6. The summed E-state index contributed by atoms with van der Waals surface area (Å²) in [5.41, 5.74) is 8.04. The molecule has 0 saturated heterocycles. The highest BCUT2D eigenvalue weighted by molar-refractivity contribution is 6.03. The number of methoxy groups -OCH3 is 2. The minimum absolute atomic E-state index is 0.837. The molecule has 180 valence electrons. The second-order valence-electron chi connectivity index (χ2n) is 8.62. The van der Waals surface area contributed by atoms with E-state index in [0.29, 0.717) is 0 Å². The van der Waals surface area contributed by atoms with Crippen LogP contribution in [0.2, 0.25) is 0 Å². The quantitative estimate of drug-likeness (QED) is 0.272. The van der Waals surface area contributed by atoms with Gasteiger partial charge in [0, 0.05) is 12.2 Å². The maximum absolute atomic E-state index is 5.36. The number of hydrogen-bond acceptors (Lipinski definition) is 2. The molecule has 3 aromatic carbocycles. The van der Waals surface area contributed by atoms with Crippen LogP contribution in [0.1, 0.15) is 16.7 Å². The van der Waals surface area contributed by atoms with E-state index in [4.69, 9.17) is 9.47 Å². The summed E-state index contributed by atoms with van der Waals surface area (Å²) in [7, 11) is 7.48. The zero-order chi connectivity index (χ0) is 25.3. The third kappa shape index (κ3) is 6.00. The highest BCUT2D eigenvalue weighted by Crippen LogP contribution is 2.28. The fraction of sp³-hybridized carbons (Fsp3) is 0.121. The van der Waals surface area contributed by atoms with Crippen molar-refractivity contribution >= 4 is 16.9 Å². The Balaban J connectivity index is 1.77. The van der Waals surface area contributed by atoms with Crippen molar-refractivity contribution in [3.8, 4) is 11.5 Å². The average molecular weight is 475 g/mol. The predicted molar refractivity (Wildman–Crippen MR) is 151 cm³/mol. The van der Waals surface area contributed by atoms with Crippen molar-refractivity contribution in [2.24, 2.45) is 0 Å². The highest BCUT2D eigenvalue weighted by Gasteiger charge is 2.10. The lowest BCUT2D eigenvalue weighted by molar-refractivity contribution is -0.462. The molecule has 3 aromatic rings. The molecule has 1 aliphatic carbocycles.